The predicted molar refractivity (Wildman–Crippen MR) is 54.5 cm³/mol. The average molecular weight is 249 g/mol. The van der Waals surface area contributed by atoms with Crippen LogP contribution in [0.4, 0.5) is 0 Å². The van der Waals surface area contributed by atoms with E-state index in [4.69, 9.17) is 14.9 Å². The van der Waals surface area contributed by atoms with E-state index in [1.54, 1.807) is 0 Å². The van der Waals surface area contributed by atoms with Gasteiger partial charge in [0, 0.05) is 7.11 Å². The normalized spacial score (nSPS) is 9.94. The van der Waals surface area contributed by atoms with Gasteiger partial charge in [0.1, 0.15) is 19.7 Å². The first-order valence-electron chi connectivity index (χ1n) is 4.75. The van der Waals surface area contributed by atoms with Crippen LogP contribution in [0.5, 0.6) is 0 Å². The Balaban J connectivity index is 4.12. The molecule has 0 radical (unpaired) electrons. The van der Waals surface area contributed by atoms with Crippen LogP contribution in [-0.4, -0.2) is 73.0 Å². The largest absolute Gasteiger partial charge is 0.480 e. The molecule has 0 bridgehead atoms. The lowest BCUT2D eigenvalue weighted by atomic mass is 10.4. The molecule has 0 aromatic rings. The number of carbonyl (C=O) groups excluding carboxylic acids is 1. The number of carboxylic acid groups (broad SMARTS) is 2. The second-order valence-corrected chi connectivity index (χ2v) is 3.08. The number of carboxylic acids is 2. The van der Waals surface area contributed by atoms with E-state index >= 15 is 0 Å². The third-order valence-electron chi connectivity index (χ3n) is 1.66. The van der Waals surface area contributed by atoms with Crippen molar-refractivity contribution in [3.8, 4) is 0 Å². The molecule has 0 atom stereocenters. The first kappa shape index (κ1) is 15.3. The fourth-order valence-corrected chi connectivity index (χ4v) is 0.952. The molecular formula is C9H15NO7. The van der Waals surface area contributed by atoms with Gasteiger partial charge in [0.25, 0.3) is 0 Å². The first-order valence-corrected chi connectivity index (χ1v) is 4.75. The summed E-state index contributed by atoms with van der Waals surface area (Å²) in [6.45, 7) is -1.23. The highest BCUT2D eigenvalue weighted by molar-refractivity contribution is 5.85. The number of hydrogen-bond acceptors (Lipinski definition) is 5. The summed E-state index contributed by atoms with van der Waals surface area (Å²) in [5.41, 5.74) is 0. The van der Waals surface area contributed by atoms with Crippen molar-refractivity contribution in [3.63, 3.8) is 0 Å². The Morgan fingerprint density at radius 1 is 1.06 bits per heavy atom. The fourth-order valence-electron chi connectivity index (χ4n) is 0.952. The maximum Gasteiger partial charge on any atom is 0.323 e. The van der Waals surface area contributed by atoms with Gasteiger partial charge in [-0.25, -0.2) is 0 Å². The smallest absolute Gasteiger partial charge is 0.323 e. The van der Waals surface area contributed by atoms with Crippen LogP contribution in [0.1, 0.15) is 0 Å². The maximum atomic E-state index is 11.4. The van der Waals surface area contributed by atoms with Crippen LogP contribution in [-0.2, 0) is 23.9 Å². The van der Waals surface area contributed by atoms with E-state index in [1.807, 2.05) is 0 Å². The lowest BCUT2D eigenvalue weighted by molar-refractivity contribution is -0.151. The van der Waals surface area contributed by atoms with Crippen molar-refractivity contribution in [1.82, 2.24) is 4.90 Å². The van der Waals surface area contributed by atoms with Crippen LogP contribution < -0.4 is 0 Å². The molecule has 0 heterocycles. The molecule has 0 aromatic carbocycles. The number of carbonyl (C=O) groups is 3. The lowest BCUT2D eigenvalue weighted by Gasteiger charge is -2.18. The van der Waals surface area contributed by atoms with E-state index < -0.39 is 30.9 Å². The summed E-state index contributed by atoms with van der Waals surface area (Å²) in [6.07, 6.45) is 0. The number of amides is 1. The molecule has 2 N–H and O–H groups in total. The second kappa shape index (κ2) is 8.48. The highest BCUT2D eigenvalue weighted by Gasteiger charge is 2.19. The number of methoxy groups -OCH3 is 1. The zero-order chi connectivity index (χ0) is 13.3. The quantitative estimate of drug-likeness (QED) is 0.485. The molecule has 1 amide bonds. The molecule has 0 aliphatic rings. The molecule has 0 saturated heterocycles. The summed E-state index contributed by atoms with van der Waals surface area (Å²) in [5, 5.41) is 17.0. The molecule has 0 rings (SSSR count). The van der Waals surface area contributed by atoms with Gasteiger partial charge < -0.3 is 24.6 Å². The Morgan fingerprint density at radius 2 is 1.59 bits per heavy atom. The van der Waals surface area contributed by atoms with Gasteiger partial charge in [-0.1, -0.05) is 0 Å². The molecule has 0 unspecified atom stereocenters. The summed E-state index contributed by atoms with van der Waals surface area (Å²) in [4.78, 5) is 33.0. The zero-order valence-corrected chi connectivity index (χ0v) is 9.42. The summed E-state index contributed by atoms with van der Waals surface area (Å²) < 4.78 is 9.55. The van der Waals surface area contributed by atoms with Crippen molar-refractivity contribution in [2.45, 2.75) is 0 Å². The number of ether oxygens (including phenoxy) is 2. The summed E-state index contributed by atoms with van der Waals surface area (Å²) in [6, 6.07) is 0. The van der Waals surface area contributed by atoms with E-state index in [1.165, 1.54) is 7.11 Å². The zero-order valence-electron chi connectivity index (χ0n) is 9.42. The number of hydrogen-bond donors (Lipinski definition) is 2. The lowest BCUT2D eigenvalue weighted by Crippen LogP contribution is -2.41. The van der Waals surface area contributed by atoms with Gasteiger partial charge in [-0.15, -0.1) is 0 Å². The van der Waals surface area contributed by atoms with Crippen LogP contribution in [0.25, 0.3) is 0 Å². The second-order valence-electron chi connectivity index (χ2n) is 3.08. The van der Waals surface area contributed by atoms with Crippen molar-refractivity contribution in [2.24, 2.45) is 0 Å². The molecule has 8 nitrogen and oxygen atoms in total. The van der Waals surface area contributed by atoms with Gasteiger partial charge in [0.2, 0.25) is 5.91 Å². The van der Waals surface area contributed by atoms with E-state index in [9.17, 15) is 14.4 Å². The van der Waals surface area contributed by atoms with E-state index in [0.717, 1.165) is 0 Å². The topological polar surface area (TPSA) is 113 Å². The fraction of sp³-hybridized carbons (Fsp3) is 0.667. The van der Waals surface area contributed by atoms with Gasteiger partial charge in [-0.2, -0.15) is 0 Å². The van der Waals surface area contributed by atoms with Crippen LogP contribution in [0.3, 0.4) is 0 Å². The van der Waals surface area contributed by atoms with Gasteiger partial charge in [-0.3, -0.25) is 14.4 Å². The monoisotopic (exact) mass is 249 g/mol. The van der Waals surface area contributed by atoms with E-state index in [-0.39, 0.29) is 13.2 Å². The Kier molecular flexibility index (Phi) is 7.65. The third kappa shape index (κ3) is 8.17. The average Bonchev–Trinajstić information content (AvgIpc) is 2.22. The number of rotatable bonds is 9. The van der Waals surface area contributed by atoms with E-state index in [2.05, 4.69) is 4.74 Å². The highest BCUT2D eigenvalue weighted by Crippen LogP contribution is 1.92. The van der Waals surface area contributed by atoms with Gasteiger partial charge >= 0.3 is 11.9 Å². The van der Waals surface area contributed by atoms with Gasteiger partial charge in [0.15, 0.2) is 0 Å². The molecule has 8 heteroatoms. The maximum absolute atomic E-state index is 11.4. The first-order chi connectivity index (χ1) is 7.97. The molecule has 17 heavy (non-hydrogen) atoms. The van der Waals surface area contributed by atoms with Crippen molar-refractivity contribution in [3.05, 3.63) is 0 Å². The van der Waals surface area contributed by atoms with Crippen molar-refractivity contribution < 1.29 is 34.1 Å². The molecule has 0 aromatic heterocycles. The minimum absolute atomic E-state index is 0.177. The van der Waals surface area contributed by atoms with Gasteiger partial charge in [0.05, 0.1) is 13.2 Å². The van der Waals surface area contributed by atoms with E-state index in [0.29, 0.717) is 11.5 Å². The van der Waals surface area contributed by atoms with Crippen molar-refractivity contribution in [2.75, 3.05) is 40.0 Å². The Hall–Kier alpha value is -1.67. The summed E-state index contributed by atoms with van der Waals surface area (Å²) in [7, 11) is 1.46. The molecule has 0 aliphatic heterocycles. The molecule has 0 saturated carbocycles. The minimum atomic E-state index is -1.28. The Bertz CT molecular complexity index is 263. The Morgan fingerprint density at radius 3 is 2.00 bits per heavy atom. The van der Waals surface area contributed by atoms with Crippen LogP contribution >= 0.6 is 0 Å². The highest BCUT2D eigenvalue weighted by atomic mass is 16.5. The Labute approximate surface area is 97.7 Å². The standard InChI is InChI=1S/C9H15NO7/c1-16-2-3-17-6-7(11)10(4-8(12)13)5-9(14)15/h2-6H2,1H3,(H,12,13)(H,14,15). The predicted octanol–water partition coefficient (Wildman–Crippen LogP) is -1.35. The number of aliphatic carboxylic acids is 2. The molecule has 0 spiro atoms. The minimum Gasteiger partial charge on any atom is -0.480 e. The molecule has 98 valence electrons. The molecule has 0 aliphatic carbocycles. The van der Waals surface area contributed by atoms with Crippen LogP contribution in [0.15, 0.2) is 0 Å². The van der Waals surface area contributed by atoms with Crippen LogP contribution in [0, 0.1) is 0 Å². The van der Waals surface area contributed by atoms with Crippen LogP contribution in [0.2, 0.25) is 0 Å². The third-order valence-corrected chi connectivity index (χ3v) is 1.66. The summed E-state index contributed by atoms with van der Waals surface area (Å²) >= 11 is 0. The van der Waals surface area contributed by atoms with Gasteiger partial charge in [-0.05, 0) is 0 Å². The molecular weight excluding hydrogens is 234 g/mol. The SMILES string of the molecule is COCCOCC(=O)N(CC(=O)O)CC(=O)O. The van der Waals surface area contributed by atoms with Crippen molar-refractivity contribution in [1.29, 1.82) is 0 Å². The summed E-state index contributed by atoms with van der Waals surface area (Å²) in [5.74, 6) is -3.25. The van der Waals surface area contributed by atoms with Crippen molar-refractivity contribution >= 4 is 17.8 Å². The molecule has 0 fully saturated rings. The number of nitrogens with zero attached hydrogens (tertiary/aromatic N) is 1.